The second-order valence-corrected chi connectivity index (χ2v) is 5.56. The summed E-state index contributed by atoms with van der Waals surface area (Å²) in [5.74, 6) is 0.624. The van der Waals surface area contributed by atoms with E-state index in [-0.39, 0.29) is 11.4 Å². The van der Waals surface area contributed by atoms with E-state index in [1.165, 1.54) is 6.92 Å². The molecule has 1 aromatic rings. The third kappa shape index (κ3) is 6.82. The standard InChI is InChI=1S/C15H24N2O2/c1-12(18)17-13-8-5-6-9-14(13)19-11-7-10-16-15(2,3)4/h5-6,8-9,16H,7,10-11H2,1-4H3,(H,17,18). The van der Waals surface area contributed by atoms with E-state index in [9.17, 15) is 4.79 Å². The summed E-state index contributed by atoms with van der Waals surface area (Å²) in [6.07, 6.45) is 0.922. The highest BCUT2D eigenvalue weighted by Crippen LogP contribution is 2.23. The van der Waals surface area contributed by atoms with E-state index in [2.05, 4.69) is 31.4 Å². The van der Waals surface area contributed by atoms with Crippen LogP contribution in [0.15, 0.2) is 24.3 Å². The molecule has 19 heavy (non-hydrogen) atoms. The average molecular weight is 264 g/mol. The van der Waals surface area contributed by atoms with E-state index in [0.29, 0.717) is 12.4 Å². The molecule has 0 aromatic heterocycles. The summed E-state index contributed by atoms with van der Waals surface area (Å²) in [6.45, 7) is 9.44. The number of carbonyl (C=O) groups excluding carboxylic acids is 1. The number of amides is 1. The lowest BCUT2D eigenvalue weighted by molar-refractivity contribution is -0.114. The largest absolute Gasteiger partial charge is 0.491 e. The molecule has 1 amide bonds. The van der Waals surface area contributed by atoms with Gasteiger partial charge in [-0.15, -0.1) is 0 Å². The highest BCUT2D eigenvalue weighted by molar-refractivity contribution is 5.90. The number of para-hydroxylation sites is 2. The van der Waals surface area contributed by atoms with Crippen LogP contribution in [0.25, 0.3) is 0 Å². The van der Waals surface area contributed by atoms with Gasteiger partial charge in [-0.3, -0.25) is 4.79 Å². The minimum Gasteiger partial charge on any atom is -0.491 e. The Morgan fingerprint density at radius 2 is 1.95 bits per heavy atom. The van der Waals surface area contributed by atoms with Gasteiger partial charge in [0.25, 0.3) is 0 Å². The molecule has 0 heterocycles. The number of ether oxygens (including phenoxy) is 1. The molecule has 0 atom stereocenters. The van der Waals surface area contributed by atoms with Crippen molar-refractivity contribution in [2.75, 3.05) is 18.5 Å². The van der Waals surface area contributed by atoms with Gasteiger partial charge in [-0.25, -0.2) is 0 Å². The summed E-state index contributed by atoms with van der Waals surface area (Å²) in [6, 6.07) is 7.47. The Labute approximate surface area is 115 Å². The van der Waals surface area contributed by atoms with Crippen LogP contribution in [0.3, 0.4) is 0 Å². The first-order chi connectivity index (χ1) is 8.88. The van der Waals surface area contributed by atoms with Gasteiger partial charge in [0.2, 0.25) is 5.91 Å². The Kier molecular flexibility index (Phi) is 5.83. The van der Waals surface area contributed by atoms with Crippen LogP contribution in [-0.4, -0.2) is 24.6 Å². The third-order valence-electron chi connectivity index (χ3n) is 2.43. The molecule has 0 aliphatic heterocycles. The monoisotopic (exact) mass is 264 g/mol. The van der Waals surface area contributed by atoms with Gasteiger partial charge in [-0.1, -0.05) is 12.1 Å². The smallest absolute Gasteiger partial charge is 0.221 e. The number of carbonyl (C=O) groups is 1. The van der Waals surface area contributed by atoms with Gasteiger partial charge in [-0.05, 0) is 45.9 Å². The zero-order valence-corrected chi connectivity index (χ0v) is 12.2. The summed E-state index contributed by atoms with van der Waals surface area (Å²) in [4.78, 5) is 11.1. The fourth-order valence-corrected chi connectivity index (χ4v) is 1.60. The predicted octanol–water partition coefficient (Wildman–Crippen LogP) is 2.80. The van der Waals surface area contributed by atoms with Crippen LogP contribution in [0.5, 0.6) is 5.75 Å². The number of nitrogens with one attached hydrogen (secondary N) is 2. The first-order valence-corrected chi connectivity index (χ1v) is 6.63. The van der Waals surface area contributed by atoms with E-state index in [0.717, 1.165) is 18.7 Å². The van der Waals surface area contributed by atoms with Gasteiger partial charge in [0, 0.05) is 12.5 Å². The lowest BCUT2D eigenvalue weighted by Crippen LogP contribution is -2.36. The lowest BCUT2D eigenvalue weighted by Gasteiger charge is -2.20. The topological polar surface area (TPSA) is 50.4 Å². The van der Waals surface area contributed by atoms with Crippen LogP contribution in [0.1, 0.15) is 34.1 Å². The van der Waals surface area contributed by atoms with Crippen LogP contribution in [0.2, 0.25) is 0 Å². The molecule has 0 fully saturated rings. The summed E-state index contributed by atoms with van der Waals surface area (Å²) in [5, 5.41) is 6.16. The lowest BCUT2D eigenvalue weighted by atomic mass is 10.1. The number of benzene rings is 1. The van der Waals surface area contributed by atoms with Crippen molar-refractivity contribution in [3.8, 4) is 5.75 Å². The van der Waals surface area contributed by atoms with Crippen molar-refractivity contribution in [1.82, 2.24) is 5.32 Å². The predicted molar refractivity (Wildman–Crippen MR) is 78.6 cm³/mol. The number of rotatable bonds is 6. The molecule has 0 radical (unpaired) electrons. The molecule has 0 bridgehead atoms. The molecule has 106 valence electrons. The maximum absolute atomic E-state index is 11.1. The highest BCUT2D eigenvalue weighted by Gasteiger charge is 2.08. The summed E-state index contributed by atoms with van der Waals surface area (Å²) >= 11 is 0. The molecule has 1 aromatic carbocycles. The molecule has 2 N–H and O–H groups in total. The fraction of sp³-hybridized carbons (Fsp3) is 0.533. The van der Waals surface area contributed by atoms with Crippen molar-refractivity contribution in [3.05, 3.63) is 24.3 Å². The fourth-order valence-electron chi connectivity index (χ4n) is 1.60. The summed E-state index contributed by atoms with van der Waals surface area (Å²) in [7, 11) is 0. The van der Waals surface area contributed by atoms with Crippen molar-refractivity contribution in [2.24, 2.45) is 0 Å². The summed E-state index contributed by atoms with van der Waals surface area (Å²) in [5.41, 5.74) is 0.854. The Hall–Kier alpha value is -1.55. The zero-order chi connectivity index (χ0) is 14.3. The Bertz CT molecular complexity index is 411. The molecule has 0 unspecified atom stereocenters. The van der Waals surface area contributed by atoms with Crippen molar-refractivity contribution in [3.63, 3.8) is 0 Å². The van der Waals surface area contributed by atoms with Gasteiger partial charge >= 0.3 is 0 Å². The minimum atomic E-state index is -0.0922. The van der Waals surface area contributed by atoms with E-state index < -0.39 is 0 Å². The van der Waals surface area contributed by atoms with Gasteiger partial charge < -0.3 is 15.4 Å². The van der Waals surface area contributed by atoms with Crippen LogP contribution in [0, 0.1) is 0 Å². The van der Waals surface area contributed by atoms with Crippen LogP contribution < -0.4 is 15.4 Å². The zero-order valence-electron chi connectivity index (χ0n) is 12.2. The summed E-state index contributed by atoms with van der Waals surface area (Å²) < 4.78 is 5.70. The highest BCUT2D eigenvalue weighted by atomic mass is 16.5. The SMILES string of the molecule is CC(=O)Nc1ccccc1OCCCNC(C)(C)C. The molecule has 0 spiro atoms. The molecule has 4 heteroatoms. The van der Waals surface area contributed by atoms with Crippen molar-refractivity contribution in [2.45, 2.75) is 39.7 Å². The van der Waals surface area contributed by atoms with Gasteiger partial charge in [0.05, 0.1) is 12.3 Å². The van der Waals surface area contributed by atoms with Crippen molar-refractivity contribution >= 4 is 11.6 Å². The number of hydrogen-bond acceptors (Lipinski definition) is 3. The average Bonchev–Trinajstić information content (AvgIpc) is 2.28. The van der Waals surface area contributed by atoms with Crippen molar-refractivity contribution in [1.29, 1.82) is 0 Å². The first-order valence-electron chi connectivity index (χ1n) is 6.63. The van der Waals surface area contributed by atoms with E-state index in [1.54, 1.807) is 0 Å². The molecular formula is C15H24N2O2. The van der Waals surface area contributed by atoms with Crippen LogP contribution in [0.4, 0.5) is 5.69 Å². The minimum absolute atomic E-state index is 0.0922. The van der Waals surface area contributed by atoms with Gasteiger partial charge in [-0.2, -0.15) is 0 Å². The molecule has 1 rings (SSSR count). The second kappa shape index (κ2) is 7.14. The molecule has 4 nitrogen and oxygen atoms in total. The Morgan fingerprint density at radius 1 is 1.26 bits per heavy atom. The Balaban J connectivity index is 2.38. The van der Waals surface area contributed by atoms with Crippen LogP contribution in [-0.2, 0) is 4.79 Å². The molecule has 0 aliphatic carbocycles. The quantitative estimate of drug-likeness (QED) is 0.777. The molecule has 0 saturated heterocycles. The molecular weight excluding hydrogens is 240 g/mol. The first kappa shape index (κ1) is 15.5. The maximum Gasteiger partial charge on any atom is 0.221 e. The molecule has 0 aliphatic rings. The van der Waals surface area contributed by atoms with Gasteiger partial charge in [0.1, 0.15) is 5.75 Å². The van der Waals surface area contributed by atoms with E-state index in [4.69, 9.17) is 4.74 Å². The van der Waals surface area contributed by atoms with E-state index in [1.807, 2.05) is 24.3 Å². The third-order valence-corrected chi connectivity index (χ3v) is 2.43. The van der Waals surface area contributed by atoms with E-state index >= 15 is 0 Å². The molecule has 0 saturated carbocycles. The Morgan fingerprint density at radius 3 is 2.58 bits per heavy atom. The maximum atomic E-state index is 11.1. The second-order valence-electron chi connectivity index (χ2n) is 5.56. The van der Waals surface area contributed by atoms with Crippen molar-refractivity contribution < 1.29 is 9.53 Å². The normalized spacial score (nSPS) is 11.2. The van der Waals surface area contributed by atoms with Crippen LogP contribution >= 0.6 is 0 Å². The van der Waals surface area contributed by atoms with Gasteiger partial charge in [0.15, 0.2) is 0 Å². The number of hydrogen-bond donors (Lipinski definition) is 2. The number of anilines is 1.